The average Bonchev–Trinajstić information content (AvgIpc) is 3.64. The molecule has 3 aliphatic rings. The van der Waals surface area contributed by atoms with Crippen LogP contribution in [0.25, 0.3) is 0 Å². The first-order valence-electron chi connectivity index (χ1n) is 12.1. The van der Waals surface area contributed by atoms with Crippen molar-refractivity contribution >= 4 is 5.91 Å². The second kappa shape index (κ2) is 8.59. The Morgan fingerprint density at radius 1 is 1.09 bits per heavy atom. The molecule has 1 N–H and O–H groups in total. The predicted molar refractivity (Wildman–Crippen MR) is 123 cm³/mol. The zero-order valence-corrected chi connectivity index (χ0v) is 19.9. The molecule has 0 aromatic heterocycles. The summed E-state index contributed by atoms with van der Waals surface area (Å²) >= 11 is 0. The first-order valence-corrected chi connectivity index (χ1v) is 12.1. The van der Waals surface area contributed by atoms with Crippen molar-refractivity contribution in [2.24, 2.45) is 11.8 Å². The zero-order chi connectivity index (χ0) is 24.2. The molecule has 182 valence electrons. The minimum absolute atomic E-state index is 0.0126. The second-order valence-corrected chi connectivity index (χ2v) is 10.2. The van der Waals surface area contributed by atoms with Crippen LogP contribution in [0.4, 0.5) is 13.2 Å². The van der Waals surface area contributed by atoms with Gasteiger partial charge in [-0.15, -0.1) is 0 Å². The highest BCUT2D eigenvalue weighted by atomic mass is 19.2. The molecular weight excluding hydrogens is 441 g/mol. The summed E-state index contributed by atoms with van der Waals surface area (Å²) in [5.74, 6) is -2.21. The fraction of sp³-hybridized carbons (Fsp3) is 0.519. The molecule has 2 fully saturated rings. The van der Waals surface area contributed by atoms with Crippen LogP contribution in [0.1, 0.15) is 71.5 Å². The van der Waals surface area contributed by atoms with Crippen LogP contribution in [0.15, 0.2) is 24.3 Å². The average molecular weight is 473 g/mol. The van der Waals surface area contributed by atoms with E-state index in [1.165, 1.54) is 31.6 Å². The second-order valence-electron chi connectivity index (χ2n) is 10.2. The number of piperidine rings is 1. The van der Waals surface area contributed by atoms with Gasteiger partial charge in [0.1, 0.15) is 0 Å². The molecule has 4 nitrogen and oxygen atoms in total. The number of hydrogen-bond acceptors (Lipinski definition) is 3. The molecule has 2 unspecified atom stereocenters. The fourth-order valence-corrected chi connectivity index (χ4v) is 6.15. The third-order valence-corrected chi connectivity index (χ3v) is 8.29. The Kier molecular flexibility index (Phi) is 5.87. The van der Waals surface area contributed by atoms with E-state index < -0.39 is 29.4 Å². The van der Waals surface area contributed by atoms with E-state index in [9.17, 15) is 13.6 Å². The molecule has 2 aromatic carbocycles. The number of aryl methyl sites for hydroxylation is 1. The smallest absolute Gasteiger partial charge is 0.257 e. The summed E-state index contributed by atoms with van der Waals surface area (Å²) in [5, 5.41) is 3.45. The largest absolute Gasteiger partial charge is 0.494 e. The van der Waals surface area contributed by atoms with Crippen molar-refractivity contribution in [3.05, 3.63) is 63.7 Å². The van der Waals surface area contributed by atoms with Gasteiger partial charge in [-0.2, -0.15) is 4.39 Å². The molecule has 0 bridgehead atoms. The number of benzene rings is 2. The molecule has 2 atom stereocenters. The number of rotatable bonds is 6. The van der Waals surface area contributed by atoms with Gasteiger partial charge in [0.15, 0.2) is 11.6 Å². The molecule has 2 aliphatic heterocycles. The van der Waals surface area contributed by atoms with Gasteiger partial charge in [-0.05, 0) is 91.8 Å². The fourth-order valence-electron chi connectivity index (χ4n) is 6.15. The maximum absolute atomic E-state index is 15.5. The highest BCUT2D eigenvalue weighted by molar-refractivity contribution is 6.00. The molecule has 34 heavy (non-hydrogen) atoms. The number of carbonyl (C=O) groups excluding carboxylic acids is 1. The van der Waals surface area contributed by atoms with Gasteiger partial charge in [0.2, 0.25) is 12.1 Å². The molecular formula is C27H31F3N2O2. The van der Waals surface area contributed by atoms with Crippen LogP contribution in [0.2, 0.25) is 0 Å². The normalized spacial score (nSPS) is 21.4. The molecule has 7 heteroatoms. The van der Waals surface area contributed by atoms with Gasteiger partial charge in [-0.1, -0.05) is 19.1 Å². The SMILES string of the molecule is COc1ccc(C(F)N2Cc3cc(C(C)(C4CCNCC4)C4CC4)cc(C)c3C2=O)c(F)c1F. The standard InChI is InChI=1S/C27H31F3N2O2/c1-15-12-19(27(2,17-4-5-17)18-8-10-31-11-9-18)13-16-14-32(26(33)22(15)16)25(30)20-6-7-21(34-3)24(29)23(20)28/h6-7,12-13,17-18,25,31H,4-5,8-11,14H2,1-3H3. The van der Waals surface area contributed by atoms with Gasteiger partial charge in [-0.3, -0.25) is 4.79 Å². The first-order chi connectivity index (χ1) is 16.3. The molecule has 0 radical (unpaired) electrons. The van der Waals surface area contributed by atoms with E-state index in [0.717, 1.165) is 48.0 Å². The van der Waals surface area contributed by atoms with E-state index in [1.54, 1.807) is 0 Å². The summed E-state index contributed by atoms with van der Waals surface area (Å²) in [7, 11) is 1.21. The van der Waals surface area contributed by atoms with Crippen molar-refractivity contribution in [1.82, 2.24) is 10.2 Å². The van der Waals surface area contributed by atoms with Gasteiger partial charge in [0, 0.05) is 17.7 Å². The summed E-state index contributed by atoms with van der Waals surface area (Å²) in [5.41, 5.74) is 2.77. The predicted octanol–water partition coefficient (Wildman–Crippen LogP) is 5.57. The maximum Gasteiger partial charge on any atom is 0.257 e. The number of ether oxygens (including phenoxy) is 1. The Morgan fingerprint density at radius 2 is 1.76 bits per heavy atom. The van der Waals surface area contributed by atoms with Crippen molar-refractivity contribution in [3.63, 3.8) is 0 Å². The van der Waals surface area contributed by atoms with Crippen molar-refractivity contribution in [2.75, 3.05) is 20.2 Å². The Morgan fingerprint density at radius 3 is 2.41 bits per heavy atom. The summed E-state index contributed by atoms with van der Waals surface area (Å²) in [4.78, 5) is 14.2. The number of alkyl halides is 1. The molecule has 1 aliphatic carbocycles. The van der Waals surface area contributed by atoms with Crippen molar-refractivity contribution < 1.29 is 22.7 Å². The highest BCUT2D eigenvalue weighted by Crippen LogP contribution is 2.54. The van der Waals surface area contributed by atoms with Crippen LogP contribution in [-0.4, -0.2) is 31.0 Å². The topological polar surface area (TPSA) is 41.6 Å². The number of nitrogens with zero attached hydrogens (tertiary/aromatic N) is 1. The van der Waals surface area contributed by atoms with Crippen LogP contribution in [0, 0.1) is 30.4 Å². The van der Waals surface area contributed by atoms with Crippen LogP contribution < -0.4 is 10.1 Å². The minimum atomic E-state index is -2.10. The monoisotopic (exact) mass is 472 g/mol. The summed E-state index contributed by atoms with van der Waals surface area (Å²) in [6.07, 6.45) is 2.54. The van der Waals surface area contributed by atoms with Crippen molar-refractivity contribution in [2.45, 2.75) is 57.8 Å². The Balaban J connectivity index is 1.48. The van der Waals surface area contributed by atoms with Crippen molar-refractivity contribution in [1.29, 1.82) is 0 Å². The van der Waals surface area contributed by atoms with Crippen LogP contribution >= 0.6 is 0 Å². The van der Waals surface area contributed by atoms with Crippen LogP contribution in [-0.2, 0) is 12.0 Å². The maximum atomic E-state index is 15.5. The third-order valence-electron chi connectivity index (χ3n) is 8.29. The quantitative estimate of drug-likeness (QED) is 0.559. The number of fused-ring (bicyclic) bond motifs is 1. The van der Waals surface area contributed by atoms with Gasteiger partial charge in [-0.25, -0.2) is 8.78 Å². The summed E-state index contributed by atoms with van der Waals surface area (Å²) < 4.78 is 49.0. The lowest BCUT2D eigenvalue weighted by Crippen LogP contribution is -2.41. The molecule has 1 saturated heterocycles. The van der Waals surface area contributed by atoms with Crippen LogP contribution in [0.5, 0.6) is 5.75 Å². The van der Waals surface area contributed by atoms with Crippen LogP contribution in [0.3, 0.4) is 0 Å². The number of carbonyl (C=O) groups is 1. The number of methoxy groups -OCH3 is 1. The Hall–Kier alpha value is -2.54. The lowest BCUT2D eigenvalue weighted by atomic mass is 9.64. The zero-order valence-electron chi connectivity index (χ0n) is 19.9. The van der Waals surface area contributed by atoms with Crippen molar-refractivity contribution in [3.8, 4) is 5.75 Å². The minimum Gasteiger partial charge on any atom is -0.494 e. The number of hydrogen-bond donors (Lipinski definition) is 1. The van der Waals surface area contributed by atoms with Gasteiger partial charge < -0.3 is 15.0 Å². The number of halogens is 3. The van der Waals surface area contributed by atoms with Gasteiger partial charge in [0.05, 0.1) is 7.11 Å². The molecule has 1 amide bonds. The van der Waals surface area contributed by atoms with E-state index in [0.29, 0.717) is 17.4 Å². The van der Waals surface area contributed by atoms with E-state index in [2.05, 4.69) is 24.4 Å². The molecule has 2 heterocycles. The lowest BCUT2D eigenvalue weighted by molar-refractivity contribution is 0.0469. The van der Waals surface area contributed by atoms with E-state index >= 15 is 4.39 Å². The number of nitrogens with one attached hydrogen (secondary N) is 1. The van der Waals surface area contributed by atoms with E-state index in [-0.39, 0.29) is 17.7 Å². The van der Waals surface area contributed by atoms with E-state index in [1.807, 2.05) is 6.92 Å². The lowest BCUT2D eigenvalue weighted by Gasteiger charge is -2.41. The molecule has 2 aromatic rings. The molecule has 1 saturated carbocycles. The highest BCUT2D eigenvalue weighted by Gasteiger charge is 2.49. The Bertz CT molecular complexity index is 1130. The Labute approximate surface area is 198 Å². The molecule has 5 rings (SSSR count). The summed E-state index contributed by atoms with van der Waals surface area (Å²) in [6, 6.07) is 6.48. The number of amides is 1. The van der Waals surface area contributed by atoms with Gasteiger partial charge >= 0.3 is 0 Å². The van der Waals surface area contributed by atoms with E-state index in [4.69, 9.17) is 4.74 Å². The first kappa shape index (κ1) is 23.2. The third kappa shape index (κ3) is 3.60. The summed E-state index contributed by atoms with van der Waals surface area (Å²) in [6.45, 7) is 6.29. The van der Waals surface area contributed by atoms with Gasteiger partial charge in [0.25, 0.3) is 5.91 Å². The molecule has 0 spiro atoms.